The van der Waals surface area contributed by atoms with Crippen LogP contribution >= 0.6 is 0 Å². The minimum atomic E-state index is 1.02. The SMILES string of the molecule is C=C/C(C)=c1/nccc/c1=C/C. The monoisotopic (exact) mass is 159 g/mol. The van der Waals surface area contributed by atoms with Crippen LogP contribution in [0.15, 0.2) is 31.0 Å². The van der Waals surface area contributed by atoms with Crippen LogP contribution in [0.25, 0.3) is 11.6 Å². The summed E-state index contributed by atoms with van der Waals surface area (Å²) in [6, 6.07) is 3.99. The molecular formula is C11H13N. The first-order chi connectivity index (χ1) is 5.79. The summed E-state index contributed by atoms with van der Waals surface area (Å²) in [7, 11) is 0. The summed E-state index contributed by atoms with van der Waals surface area (Å²) in [6.07, 6.45) is 5.68. The Hall–Kier alpha value is -1.37. The fourth-order valence-electron chi connectivity index (χ4n) is 1.08. The van der Waals surface area contributed by atoms with Gasteiger partial charge in [0, 0.05) is 6.20 Å². The molecule has 0 spiro atoms. The summed E-state index contributed by atoms with van der Waals surface area (Å²) in [4.78, 5) is 4.28. The fraction of sp³-hybridized carbons (Fsp3) is 0.182. The maximum Gasteiger partial charge on any atom is 0.0727 e. The molecule has 0 aliphatic carbocycles. The van der Waals surface area contributed by atoms with Gasteiger partial charge in [0.15, 0.2) is 0 Å². The Morgan fingerprint density at radius 3 is 2.92 bits per heavy atom. The van der Waals surface area contributed by atoms with Gasteiger partial charge in [-0.05, 0) is 30.7 Å². The summed E-state index contributed by atoms with van der Waals surface area (Å²) in [5.74, 6) is 0. The number of hydrogen-bond acceptors (Lipinski definition) is 1. The quantitative estimate of drug-likeness (QED) is 0.600. The lowest BCUT2D eigenvalue weighted by atomic mass is 10.2. The minimum absolute atomic E-state index is 1.02. The van der Waals surface area contributed by atoms with Crippen molar-refractivity contribution < 1.29 is 0 Å². The number of rotatable bonds is 1. The predicted molar refractivity (Wildman–Crippen MR) is 52.9 cm³/mol. The van der Waals surface area contributed by atoms with Gasteiger partial charge in [0.1, 0.15) is 0 Å². The van der Waals surface area contributed by atoms with E-state index in [-0.39, 0.29) is 0 Å². The van der Waals surface area contributed by atoms with Crippen LogP contribution in [0.3, 0.4) is 0 Å². The van der Waals surface area contributed by atoms with Gasteiger partial charge in [-0.25, -0.2) is 0 Å². The van der Waals surface area contributed by atoms with Gasteiger partial charge in [-0.3, -0.25) is 4.98 Å². The molecule has 0 unspecified atom stereocenters. The third-order valence-corrected chi connectivity index (χ3v) is 1.83. The van der Waals surface area contributed by atoms with E-state index < -0.39 is 0 Å². The van der Waals surface area contributed by atoms with Crippen molar-refractivity contribution in [3.05, 3.63) is 41.6 Å². The van der Waals surface area contributed by atoms with Crippen LogP contribution in [0.5, 0.6) is 0 Å². The summed E-state index contributed by atoms with van der Waals surface area (Å²) >= 11 is 0. The molecule has 1 heteroatoms. The molecule has 62 valence electrons. The Balaban J connectivity index is 3.65. The van der Waals surface area contributed by atoms with Crippen molar-refractivity contribution >= 4 is 11.6 Å². The fourth-order valence-corrected chi connectivity index (χ4v) is 1.08. The lowest BCUT2D eigenvalue weighted by molar-refractivity contribution is 1.20. The number of aromatic nitrogens is 1. The maximum atomic E-state index is 4.28. The second-order valence-corrected chi connectivity index (χ2v) is 2.62. The zero-order valence-corrected chi connectivity index (χ0v) is 7.54. The Morgan fingerprint density at radius 1 is 1.58 bits per heavy atom. The van der Waals surface area contributed by atoms with Crippen LogP contribution in [-0.4, -0.2) is 4.98 Å². The van der Waals surface area contributed by atoms with Crippen LogP contribution < -0.4 is 10.6 Å². The van der Waals surface area contributed by atoms with Crippen LogP contribution in [0.2, 0.25) is 0 Å². The zero-order valence-electron chi connectivity index (χ0n) is 7.54. The third-order valence-electron chi connectivity index (χ3n) is 1.83. The molecule has 1 aromatic heterocycles. The number of nitrogens with zero attached hydrogens (tertiary/aromatic N) is 1. The van der Waals surface area contributed by atoms with Gasteiger partial charge in [-0.15, -0.1) is 0 Å². The van der Waals surface area contributed by atoms with Gasteiger partial charge in [0.25, 0.3) is 0 Å². The largest absolute Gasteiger partial charge is 0.256 e. The normalized spacial score (nSPS) is 14.3. The highest BCUT2D eigenvalue weighted by atomic mass is 14.6. The standard InChI is InChI=1S/C11H13N/c1-4-9(3)11-10(5-2)7-6-8-12-11/h4-8H,1H2,2-3H3/b10-5-,11-9+. The van der Waals surface area contributed by atoms with E-state index in [0.717, 1.165) is 16.1 Å². The average molecular weight is 159 g/mol. The first-order valence-electron chi connectivity index (χ1n) is 4.00. The maximum absolute atomic E-state index is 4.28. The van der Waals surface area contributed by atoms with Crippen LogP contribution in [0, 0.1) is 0 Å². The zero-order chi connectivity index (χ0) is 8.97. The average Bonchev–Trinajstić information content (AvgIpc) is 2.16. The Morgan fingerprint density at radius 2 is 2.33 bits per heavy atom. The second-order valence-electron chi connectivity index (χ2n) is 2.62. The van der Waals surface area contributed by atoms with Gasteiger partial charge >= 0.3 is 0 Å². The minimum Gasteiger partial charge on any atom is -0.256 e. The highest BCUT2D eigenvalue weighted by Gasteiger charge is 1.87. The van der Waals surface area contributed by atoms with E-state index in [4.69, 9.17) is 0 Å². The molecule has 0 aliphatic heterocycles. The molecule has 1 aromatic rings. The molecule has 0 aliphatic rings. The predicted octanol–water partition coefficient (Wildman–Crippen LogP) is 1.24. The van der Waals surface area contributed by atoms with Crippen molar-refractivity contribution in [2.24, 2.45) is 0 Å². The van der Waals surface area contributed by atoms with Gasteiger partial charge in [-0.1, -0.05) is 24.8 Å². The summed E-state index contributed by atoms with van der Waals surface area (Å²) in [5.41, 5.74) is 1.11. The number of allylic oxidation sites excluding steroid dienone is 1. The Labute approximate surface area is 72.8 Å². The first-order valence-corrected chi connectivity index (χ1v) is 4.00. The molecule has 0 atom stereocenters. The molecule has 0 saturated heterocycles. The van der Waals surface area contributed by atoms with Gasteiger partial charge in [-0.2, -0.15) is 0 Å². The van der Waals surface area contributed by atoms with E-state index >= 15 is 0 Å². The number of pyridine rings is 1. The molecule has 0 amide bonds. The smallest absolute Gasteiger partial charge is 0.0727 e. The van der Waals surface area contributed by atoms with Crippen LogP contribution in [-0.2, 0) is 0 Å². The van der Waals surface area contributed by atoms with E-state index in [9.17, 15) is 0 Å². The van der Waals surface area contributed by atoms with Gasteiger partial charge in [0.2, 0.25) is 0 Å². The van der Waals surface area contributed by atoms with E-state index in [1.54, 1.807) is 6.20 Å². The van der Waals surface area contributed by atoms with E-state index in [2.05, 4.69) is 23.7 Å². The Bertz CT molecular complexity index is 388. The van der Waals surface area contributed by atoms with E-state index in [1.807, 2.05) is 26.0 Å². The second kappa shape index (κ2) is 3.86. The summed E-state index contributed by atoms with van der Waals surface area (Å²) in [5, 5.41) is 2.19. The highest BCUT2D eigenvalue weighted by Crippen LogP contribution is 1.86. The molecule has 0 aromatic carbocycles. The molecule has 0 saturated carbocycles. The van der Waals surface area contributed by atoms with Crippen molar-refractivity contribution in [2.45, 2.75) is 13.8 Å². The van der Waals surface area contributed by atoms with Crippen molar-refractivity contribution in [3.63, 3.8) is 0 Å². The van der Waals surface area contributed by atoms with Crippen LogP contribution in [0.1, 0.15) is 13.8 Å². The molecule has 12 heavy (non-hydrogen) atoms. The summed E-state index contributed by atoms with van der Waals surface area (Å²) < 4.78 is 0. The molecule has 1 rings (SSSR count). The molecule has 0 radical (unpaired) electrons. The molecular weight excluding hydrogens is 146 g/mol. The van der Waals surface area contributed by atoms with Gasteiger partial charge in [0.05, 0.1) is 5.35 Å². The van der Waals surface area contributed by atoms with Gasteiger partial charge < -0.3 is 0 Å². The van der Waals surface area contributed by atoms with E-state index in [0.29, 0.717) is 0 Å². The lowest BCUT2D eigenvalue weighted by Gasteiger charge is -1.91. The molecule has 0 fully saturated rings. The molecule has 0 bridgehead atoms. The number of hydrogen-bond donors (Lipinski definition) is 0. The molecule has 1 heterocycles. The highest BCUT2D eigenvalue weighted by molar-refractivity contribution is 5.51. The Kier molecular flexibility index (Phi) is 2.81. The van der Waals surface area contributed by atoms with Crippen molar-refractivity contribution in [1.29, 1.82) is 0 Å². The van der Waals surface area contributed by atoms with Crippen LogP contribution in [0.4, 0.5) is 0 Å². The van der Waals surface area contributed by atoms with Crippen molar-refractivity contribution in [1.82, 2.24) is 4.98 Å². The third kappa shape index (κ3) is 1.62. The molecule has 0 N–H and O–H groups in total. The van der Waals surface area contributed by atoms with Crippen molar-refractivity contribution in [3.8, 4) is 0 Å². The van der Waals surface area contributed by atoms with Crippen molar-refractivity contribution in [2.75, 3.05) is 0 Å². The van der Waals surface area contributed by atoms with E-state index in [1.165, 1.54) is 0 Å². The summed E-state index contributed by atoms with van der Waals surface area (Å²) in [6.45, 7) is 7.75. The lowest BCUT2D eigenvalue weighted by Crippen LogP contribution is -2.28. The molecule has 1 nitrogen and oxygen atoms in total. The topological polar surface area (TPSA) is 12.9 Å². The first kappa shape index (κ1) is 8.72.